The molecule has 0 saturated carbocycles. The van der Waals surface area contributed by atoms with Crippen molar-refractivity contribution >= 4 is 17.0 Å². The number of amides is 1. The Bertz CT molecular complexity index is 1140. The van der Waals surface area contributed by atoms with Crippen molar-refractivity contribution in [1.82, 2.24) is 19.7 Å². The van der Waals surface area contributed by atoms with Gasteiger partial charge in [0.1, 0.15) is 6.04 Å². The van der Waals surface area contributed by atoms with Gasteiger partial charge in [0.2, 0.25) is 5.91 Å². The first-order chi connectivity index (χ1) is 13.6. The molecule has 0 spiro atoms. The van der Waals surface area contributed by atoms with Crippen molar-refractivity contribution in [2.45, 2.75) is 19.4 Å². The monoisotopic (exact) mass is 376 g/mol. The SMILES string of the molecule is CC(C(=O)NCCc1ccc(-n2cccn2)cc1)n1c(=O)oc2ccccc21. The van der Waals surface area contributed by atoms with E-state index in [1.165, 1.54) is 4.57 Å². The van der Waals surface area contributed by atoms with Crippen molar-refractivity contribution in [3.05, 3.63) is 83.1 Å². The lowest BCUT2D eigenvalue weighted by molar-refractivity contribution is -0.123. The Hall–Kier alpha value is -3.61. The highest BCUT2D eigenvalue weighted by Crippen LogP contribution is 2.16. The van der Waals surface area contributed by atoms with Crippen molar-refractivity contribution < 1.29 is 9.21 Å². The van der Waals surface area contributed by atoms with Gasteiger partial charge in [0.25, 0.3) is 0 Å². The first-order valence-corrected chi connectivity index (χ1v) is 9.10. The Balaban J connectivity index is 1.37. The predicted molar refractivity (Wildman–Crippen MR) is 105 cm³/mol. The fourth-order valence-electron chi connectivity index (χ4n) is 3.18. The number of benzene rings is 2. The molecule has 0 saturated heterocycles. The van der Waals surface area contributed by atoms with Crippen LogP contribution in [0.3, 0.4) is 0 Å². The van der Waals surface area contributed by atoms with E-state index in [2.05, 4.69) is 10.4 Å². The van der Waals surface area contributed by atoms with Crippen molar-refractivity contribution in [2.24, 2.45) is 0 Å². The summed E-state index contributed by atoms with van der Waals surface area (Å²) in [5.74, 6) is -0.750. The van der Waals surface area contributed by atoms with Gasteiger partial charge in [-0.05, 0) is 49.2 Å². The van der Waals surface area contributed by atoms with Crippen LogP contribution in [0, 0.1) is 0 Å². The molecule has 7 heteroatoms. The number of nitrogens with one attached hydrogen (secondary N) is 1. The molecule has 0 fully saturated rings. The van der Waals surface area contributed by atoms with Crippen LogP contribution in [0.25, 0.3) is 16.8 Å². The maximum Gasteiger partial charge on any atom is 0.420 e. The average molecular weight is 376 g/mol. The molecule has 2 aromatic heterocycles. The first kappa shape index (κ1) is 17.8. The molecule has 28 heavy (non-hydrogen) atoms. The zero-order valence-electron chi connectivity index (χ0n) is 15.4. The highest BCUT2D eigenvalue weighted by molar-refractivity contribution is 5.82. The second kappa shape index (κ2) is 7.56. The Morgan fingerprint density at radius 2 is 1.93 bits per heavy atom. The lowest BCUT2D eigenvalue weighted by Crippen LogP contribution is -2.35. The molecule has 1 amide bonds. The number of hydrogen-bond acceptors (Lipinski definition) is 4. The summed E-state index contributed by atoms with van der Waals surface area (Å²) in [4.78, 5) is 24.6. The third-order valence-corrected chi connectivity index (χ3v) is 4.70. The maximum absolute atomic E-state index is 12.5. The van der Waals surface area contributed by atoms with Gasteiger partial charge in [0.05, 0.1) is 11.2 Å². The summed E-state index contributed by atoms with van der Waals surface area (Å²) in [5.41, 5.74) is 3.18. The van der Waals surface area contributed by atoms with Crippen LogP contribution in [0.4, 0.5) is 0 Å². The van der Waals surface area contributed by atoms with Crippen LogP contribution in [0.15, 0.2) is 76.2 Å². The Labute approximate surface area is 161 Å². The van der Waals surface area contributed by atoms with E-state index < -0.39 is 11.8 Å². The molecule has 1 atom stereocenters. The number of nitrogens with zero attached hydrogens (tertiary/aromatic N) is 3. The Morgan fingerprint density at radius 3 is 2.68 bits per heavy atom. The van der Waals surface area contributed by atoms with Crippen LogP contribution in [-0.4, -0.2) is 26.8 Å². The fourth-order valence-corrected chi connectivity index (χ4v) is 3.18. The Morgan fingerprint density at radius 1 is 1.14 bits per heavy atom. The van der Waals surface area contributed by atoms with E-state index in [-0.39, 0.29) is 5.91 Å². The number of hydrogen-bond donors (Lipinski definition) is 1. The van der Waals surface area contributed by atoms with Gasteiger partial charge in [-0.1, -0.05) is 24.3 Å². The van der Waals surface area contributed by atoms with Gasteiger partial charge in [0, 0.05) is 18.9 Å². The normalized spacial score (nSPS) is 12.2. The van der Waals surface area contributed by atoms with Gasteiger partial charge in [0.15, 0.2) is 5.58 Å². The minimum absolute atomic E-state index is 0.221. The van der Waals surface area contributed by atoms with Gasteiger partial charge in [-0.25, -0.2) is 9.48 Å². The van der Waals surface area contributed by atoms with E-state index in [4.69, 9.17) is 4.42 Å². The fraction of sp³-hybridized carbons (Fsp3) is 0.190. The van der Waals surface area contributed by atoms with E-state index >= 15 is 0 Å². The standard InChI is InChI=1S/C21H20N4O3/c1-15(25-18-5-2-3-6-19(18)28-21(25)27)20(26)22-13-11-16-7-9-17(10-8-16)24-14-4-12-23-24/h2-10,12,14-15H,11,13H2,1H3,(H,22,26). The van der Waals surface area contributed by atoms with E-state index in [1.54, 1.807) is 36.0 Å². The number of para-hydroxylation sites is 2. The lowest BCUT2D eigenvalue weighted by atomic mass is 10.1. The molecule has 4 rings (SSSR count). The zero-order chi connectivity index (χ0) is 19.5. The quantitative estimate of drug-likeness (QED) is 0.561. The summed E-state index contributed by atoms with van der Waals surface area (Å²) in [6.45, 7) is 2.17. The van der Waals surface area contributed by atoms with Crippen LogP contribution in [0.5, 0.6) is 0 Å². The second-order valence-corrected chi connectivity index (χ2v) is 6.54. The summed E-state index contributed by atoms with van der Waals surface area (Å²) < 4.78 is 8.38. The van der Waals surface area contributed by atoms with Crippen LogP contribution < -0.4 is 11.1 Å². The molecule has 2 heterocycles. The molecule has 0 aliphatic carbocycles. The topological polar surface area (TPSA) is 82.1 Å². The van der Waals surface area contributed by atoms with Crippen LogP contribution in [0.1, 0.15) is 18.5 Å². The minimum Gasteiger partial charge on any atom is -0.408 e. The zero-order valence-corrected chi connectivity index (χ0v) is 15.4. The smallest absolute Gasteiger partial charge is 0.408 e. The molecule has 0 aliphatic heterocycles. The summed E-state index contributed by atoms with van der Waals surface area (Å²) in [5, 5.41) is 7.09. The maximum atomic E-state index is 12.5. The highest BCUT2D eigenvalue weighted by atomic mass is 16.4. The summed E-state index contributed by atoms with van der Waals surface area (Å²) in [6, 6.07) is 16.3. The molecule has 4 aromatic rings. The molecule has 0 radical (unpaired) electrons. The van der Waals surface area contributed by atoms with Crippen LogP contribution in [-0.2, 0) is 11.2 Å². The second-order valence-electron chi connectivity index (χ2n) is 6.54. The van der Waals surface area contributed by atoms with Crippen LogP contribution >= 0.6 is 0 Å². The average Bonchev–Trinajstić information content (AvgIpc) is 3.35. The molecule has 0 bridgehead atoms. The number of aromatic nitrogens is 3. The number of fused-ring (bicyclic) bond motifs is 1. The van der Waals surface area contributed by atoms with Gasteiger partial charge in [-0.3, -0.25) is 9.36 Å². The van der Waals surface area contributed by atoms with E-state index in [0.29, 0.717) is 24.1 Å². The molecule has 1 N–H and O–H groups in total. The van der Waals surface area contributed by atoms with Crippen molar-refractivity contribution in [1.29, 1.82) is 0 Å². The first-order valence-electron chi connectivity index (χ1n) is 9.10. The third-order valence-electron chi connectivity index (χ3n) is 4.70. The lowest BCUT2D eigenvalue weighted by Gasteiger charge is -2.13. The van der Waals surface area contributed by atoms with Gasteiger partial charge >= 0.3 is 5.76 Å². The highest BCUT2D eigenvalue weighted by Gasteiger charge is 2.20. The van der Waals surface area contributed by atoms with Crippen molar-refractivity contribution in [3.63, 3.8) is 0 Å². The molecular formula is C21H20N4O3. The summed E-state index contributed by atoms with van der Waals surface area (Å²) in [7, 11) is 0. The van der Waals surface area contributed by atoms with Crippen molar-refractivity contribution in [3.8, 4) is 5.69 Å². The molecule has 2 aromatic carbocycles. The molecule has 7 nitrogen and oxygen atoms in total. The largest absolute Gasteiger partial charge is 0.420 e. The van der Waals surface area contributed by atoms with E-state index in [1.807, 2.05) is 42.6 Å². The molecular weight excluding hydrogens is 356 g/mol. The minimum atomic E-state index is -0.654. The number of carbonyl (C=O) groups is 1. The molecule has 0 aliphatic rings. The number of oxazole rings is 1. The van der Waals surface area contributed by atoms with Gasteiger partial charge < -0.3 is 9.73 Å². The number of rotatable bonds is 6. The van der Waals surface area contributed by atoms with Gasteiger partial charge in [-0.15, -0.1) is 0 Å². The van der Waals surface area contributed by atoms with E-state index in [0.717, 1.165) is 11.3 Å². The summed E-state index contributed by atoms with van der Waals surface area (Å²) >= 11 is 0. The van der Waals surface area contributed by atoms with Crippen molar-refractivity contribution in [2.75, 3.05) is 6.54 Å². The predicted octanol–water partition coefficient (Wildman–Crippen LogP) is 2.70. The molecule has 1 unspecified atom stereocenters. The van der Waals surface area contributed by atoms with E-state index in [9.17, 15) is 9.59 Å². The third kappa shape index (κ3) is 3.46. The summed E-state index contributed by atoms with van der Waals surface area (Å²) in [6.07, 6.45) is 4.32. The van der Waals surface area contributed by atoms with Gasteiger partial charge in [-0.2, -0.15) is 5.10 Å². The number of carbonyl (C=O) groups excluding carboxylic acids is 1. The Kier molecular flexibility index (Phi) is 4.80. The van der Waals surface area contributed by atoms with Crippen LogP contribution in [0.2, 0.25) is 0 Å². The molecule has 142 valence electrons.